The summed E-state index contributed by atoms with van der Waals surface area (Å²) in [5, 5.41) is 19.0. The van der Waals surface area contributed by atoms with Crippen LogP contribution in [0.2, 0.25) is 0 Å². The Kier molecular flexibility index (Phi) is 3.96. The van der Waals surface area contributed by atoms with Gasteiger partial charge in [-0.05, 0) is 28.1 Å². The molecule has 0 atom stereocenters. The third-order valence-electron chi connectivity index (χ3n) is 3.26. The number of nitrogens with zero attached hydrogens (tertiary/aromatic N) is 2. The van der Waals surface area contributed by atoms with E-state index < -0.39 is 6.16 Å². The molecule has 6 heteroatoms. The van der Waals surface area contributed by atoms with Crippen LogP contribution in [0.15, 0.2) is 53.0 Å². The van der Waals surface area contributed by atoms with Crippen LogP contribution >= 0.6 is 15.9 Å². The summed E-state index contributed by atoms with van der Waals surface area (Å²) in [5.41, 5.74) is 1.71. The smallest absolute Gasteiger partial charge is 0.449 e. The summed E-state index contributed by atoms with van der Waals surface area (Å²) in [4.78, 5) is 15.6. The molecule has 0 saturated heterocycles. The molecule has 0 saturated carbocycles. The largest absolute Gasteiger partial charge is 0.511 e. The lowest BCUT2D eigenvalue weighted by atomic mass is 10.0. The molecule has 3 rings (SSSR count). The summed E-state index contributed by atoms with van der Waals surface area (Å²) in [6.45, 7) is 0. The Hall–Kier alpha value is -2.91. The summed E-state index contributed by atoms with van der Waals surface area (Å²) in [7, 11) is 0. The van der Waals surface area contributed by atoms with Gasteiger partial charge in [-0.3, -0.25) is 0 Å². The van der Waals surface area contributed by atoms with E-state index in [0.717, 1.165) is 0 Å². The van der Waals surface area contributed by atoms with Gasteiger partial charge in [0.05, 0.1) is 16.6 Å². The van der Waals surface area contributed by atoms with E-state index in [1.807, 2.05) is 24.3 Å². The molecule has 2 aromatic carbocycles. The zero-order valence-corrected chi connectivity index (χ0v) is 13.2. The summed E-state index contributed by atoms with van der Waals surface area (Å²) >= 11 is 3.36. The maximum absolute atomic E-state index is 11.1. The molecule has 0 fully saturated rings. The molecule has 3 aromatic rings. The van der Waals surface area contributed by atoms with Crippen molar-refractivity contribution in [2.45, 2.75) is 0 Å². The first-order valence-corrected chi connectivity index (χ1v) is 7.39. The number of aromatic nitrogens is 1. The molecular formula is C17H9BrN2O3. The van der Waals surface area contributed by atoms with Gasteiger partial charge >= 0.3 is 6.16 Å². The van der Waals surface area contributed by atoms with E-state index >= 15 is 0 Å². The van der Waals surface area contributed by atoms with Gasteiger partial charge in [-0.2, -0.15) is 5.26 Å². The van der Waals surface area contributed by atoms with Gasteiger partial charge in [-0.15, -0.1) is 0 Å². The first kappa shape index (κ1) is 15.0. The van der Waals surface area contributed by atoms with Crippen LogP contribution in [0, 0.1) is 11.3 Å². The van der Waals surface area contributed by atoms with Crippen LogP contribution in [-0.2, 0) is 0 Å². The molecule has 1 aromatic heterocycles. The average Bonchev–Trinajstić information content (AvgIpc) is 2.54. The van der Waals surface area contributed by atoms with Gasteiger partial charge in [0, 0.05) is 10.0 Å². The van der Waals surface area contributed by atoms with Crippen LogP contribution in [0.3, 0.4) is 0 Å². The van der Waals surface area contributed by atoms with E-state index in [0.29, 0.717) is 26.6 Å². The molecular weight excluding hydrogens is 360 g/mol. The molecule has 23 heavy (non-hydrogen) atoms. The SMILES string of the molecule is N#Cc1c(-c2ccccc2)nc2cccc(Br)c2c1OC(=O)O. The molecule has 0 aliphatic heterocycles. The van der Waals surface area contributed by atoms with Crippen molar-refractivity contribution in [3.8, 4) is 23.1 Å². The minimum absolute atomic E-state index is 0.0173. The molecule has 0 bridgehead atoms. The highest BCUT2D eigenvalue weighted by atomic mass is 79.9. The second-order valence-electron chi connectivity index (χ2n) is 4.64. The van der Waals surface area contributed by atoms with Gasteiger partial charge in [0.1, 0.15) is 11.6 Å². The first-order chi connectivity index (χ1) is 11.1. The van der Waals surface area contributed by atoms with Gasteiger partial charge in [0.2, 0.25) is 0 Å². The quantitative estimate of drug-likeness (QED) is 0.668. The van der Waals surface area contributed by atoms with Crippen LogP contribution in [0.25, 0.3) is 22.2 Å². The monoisotopic (exact) mass is 368 g/mol. The van der Waals surface area contributed by atoms with Crippen LogP contribution in [0.5, 0.6) is 5.75 Å². The van der Waals surface area contributed by atoms with E-state index in [9.17, 15) is 10.1 Å². The minimum atomic E-state index is -1.48. The number of rotatable bonds is 2. The van der Waals surface area contributed by atoms with Gasteiger partial charge in [-0.25, -0.2) is 9.78 Å². The number of pyridine rings is 1. The maximum atomic E-state index is 11.1. The van der Waals surface area contributed by atoms with Gasteiger partial charge in [0.15, 0.2) is 5.75 Å². The van der Waals surface area contributed by atoms with Crippen molar-refractivity contribution in [3.05, 3.63) is 58.6 Å². The molecule has 5 nitrogen and oxygen atoms in total. The average molecular weight is 369 g/mol. The predicted octanol–water partition coefficient (Wildman–Crippen LogP) is 4.59. The number of halogens is 1. The normalized spacial score (nSPS) is 10.3. The van der Waals surface area contributed by atoms with Crippen LogP contribution in [0.4, 0.5) is 4.79 Å². The zero-order chi connectivity index (χ0) is 16.4. The topological polar surface area (TPSA) is 83.2 Å². The number of hydrogen-bond acceptors (Lipinski definition) is 4. The van der Waals surface area contributed by atoms with Gasteiger partial charge < -0.3 is 9.84 Å². The standard InChI is InChI=1S/C17H9BrN2O3/c18-12-7-4-8-13-14(12)16(23-17(21)22)11(9-19)15(20-13)10-5-2-1-3-6-10/h1-8H,(H,21,22). The van der Waals surface area contributed by atoms with Crippen LogP contribution < -0.4 is 4.74 Å². The van der Waals surface area contributed by atoms with Crippen molar-refractivity contribution >= 4 is 33.0 Å². The van der Waals surface area contributed by atoms with Crippen molar-refractivity contribution in [1.82, 2.24) is 4.98 Å². The Bertz CT molecular complexity index is 949. The van der Waals surface area contributed by atoms with Crippen molar-refractivity contribution in [1.29, 1.82) is 5.26 Å². The molecule has 1 N–H and O–H groups in total. The Labute approximate surface area is 139 Å². The van der Waals surface area contributed by atoms with Crippen molar-refractivity contribution in [2.24, 2.45) is 0 Å². The van der Waals surface area contributed by atoms with E-state index in [1.54, 1.807) is 30.3 Å². The Balaban J connectivity index is 2.43. The Morgan fingerprint density at radius 3 is 2.57 bits per heavy atom. The maximum Gasteiger partial charge on any atom is 0.511 e. The Morgan fingerprint density at radius 2 is 1.91 bits per heavy atom. The number of ether oxygens (including phenoxy) is 1. The fraction of sp³-hybridized carbons (Fsp3) is 0. The fourth-order valence-electron chi connectivity index (χ4n) is 2.34. The summed E-state index contributed by atoms with van der Waals surface area (Å²) in [6.07, 6.45) is -1.48. The highest BCUT2D eigenvalue weighted by Crippen LogP contribution is 2.38. The molecule has 0 spiro atoms. The lowest BCUT2D eigenvalue weighted by Crippen LogP contribution is -2.07. The summed E-state index contributed by atoms with van der Waals surface area (Å²) < 4.78 is 5.52. The van der Waals surface area contributed by atoms with Crippen LogP contribution in [0.1, 0.15) is 5.56 Å². The molecule has 0 aliphatic rings. The number of fused-ring (bicyclic) bond motifs is 1. The highest BCUT2D eigenvalue weighted by Gasteiger charge is 2.21. The van der Waals surface area contributed by atoms with E-state index in [1.165, 1.54) is 0 Å². The zero-order valence-electron chi connectivity index (χ0n) is 11.7. The lowest BCUT2D eigenvalue weighted by Gasteiger charge is -2.12. The van der Waals surface area contributed by atoms with E-state index in [2.05, 4.69) is 20.9 Å². The van der Waals surface area contributed by atoms with E-state index in [4.69, 9.17) is 9.84 Å². The number of carbonyl (C=O) groups is 1. The lowest BCUT2D eigenvalue weighted by molar-refractivity contribution is 0.145. The third-order valence-corrected chi connectivity index (χ3v) is 3.92. The van der Waals surface area contributed by atoms with Gasteiger partial charge in [-0.1, -0.05) is 36.4 Å². The number of benzene rings is 2. The van der Waals surface area contributed by atoms with Crippen LogP contribution in [-0.4, -0.2) is 16.2 Å². The first-order valence-electron chi connectivity index (χ1n) is 6.60. The second-order valence-corrected chi connectivity index (χ2v) is 5.50. The number of hydrogen-bond donors (Lipinski definition) is 1. The number of carboxylic acid groups (broad SMARTS) is 1. The molecule has 0 unspecified atom stereocenters. The highest BCUT2D eigenvalue weighted by molar-refractivity contribution is 9.10. The van der Waals surface area contributed by atoms with E-state index in [-0.39, 0.29) is 11.3 Å². The fourth-order valence-corrected chi connectivity index (χ4v) is 2.87. The minimum Gasteiger partial charge on any atom is -0.449 e. The third kappa shape index (κ3) is 2.74. The number of nitriles is 1. The Morgan fingerprint density at radius 1 is 1.17 bits per heavy atom. The summed E-state index contributed by atoms with van der Waals surface area (Å²) in [6, 6.07) is 16.4. The summed E-state index contributed by atoms with van der Waals surface area (Å²) in [5.74, 6) is -0.0173. The second kappa shape index (κ2) is 6.07. The molecule has 112 valence electrons. The molecule has 0 aliphatic carbocycles. The predicted molar refractivity (Wildman–Crippen MR) is 88.2 cm³/mol. The molecule has 0 radical (unpaired) electrons. The van der Waals surface area contributed by atoms with Crippen molar-refractivity contribution in [2.75, 3.05) is 0 Å². The van der Waals surface area contributed by atoms with Gasteiger partial charge in [0.25, 0.3) is 0 Å². The molecule has 0 amide bonds. The van der Waals surface area contributed by atoms with Crippen molar-refractivity contribution in [3.63, 3.8) is 0 Å². The van der Waals surface area contributed by atoms with Crippen molar-refractivity contribution < 1.29 is 14.6 Å². The molecule has 1 heterocycles.